The number of hydrogen-bond donors (Lipinski definition) is 2. The van der Waals surface area contributed by atoms with Gasteiger partial charge in [-0.05, 0) is 84.1 Å². The van der Waals surface area contributed by atoms with E-state index in [1.54, 1.807) is 6.21 Å². The van der Waals surface area contributed by atoms with Crippen LogP contribution in [0, 0.1) is 0 Å². The summed E-state index contributed by atoms with van der Waals surface area (Å²) >= 11 is 1.42. The molecule has 0 radical (unpaired) electrons. The highest BCUT2D eigenvalue weighted by Crippen LogP contribution is 2.33. The van der Waals surface area contributed by atoms with E-state index in [0.717, 1.165) is 59.9 Å². The third-order valence-corrected chi connectivity index (χ3v) is 8.29. The van der Waals surface area contributed by atoms with E-state index in [9.17, 15) is 9.59 Å². The number of piperazine rings is 1. The first-order chi connectivity index (χ1) is 19.5. The lowest BCUT2D eigenvalue weighted by Crippen LogP contribution is -2.44. The van der Waals surface area contributed by atoms with Gasteiger partial charge in [0.2, 0.25) is 5.91 Å². The Hall–Kier alpha value is -4.27. The van der Waals surface area contributed by atoms with Crippen molar-refractivity contribution >= 4 is 52.1 Å². The van der Waals surface area contributed by atoms with E-state index in [2.05, 4.69) is 50.7 Å². The summed E-state index contributed by atoms with van der Waals surface area (Å²) in [6.45, 7) is 4.19. The molecule has 0 saturated carbocycles. The third-order valence-electron chi connectivity index (χ3n) is 7.42. The van der Waals surface area contributed by atoms with Crippen molar-refractivity contribution in [2.24, 2.45) is 4.99 Å². The van der Waals surface area contributed by atoms with Gasteiger partial charge in [-0.3, -0.25) is 14.6 Å². The summed E-state index contributed by atoms with van der Waals surface area (Å²) in [5.41, 5.74) is 6.72. The minimum atomic E-state index is -0.419. The number of amides is 2. The van der Waals surface area contributed by atoms with Gasteiger partial charge in [-0.15, -0.1) is 11.3 Å². The Morgan fingerprint density at radius 2 is 1.80 bits per heavy atom. The fourth-order valence-corrected chi connectivity index (χ4v) is 5.78. The van der Waals surface area contributed by atoms with Gasteiger partial charge in [-0.2, -0.15) is 0 Å². The maximum atomic E-state index is 12.8. The normalized spacial score (nSPS) is 17.2. The number of benzene rings is 3. The largest absolute Gasteiger partial charge is 0.369 e. The number of fused-ring (bicyclic) bond motifs is 1. The Kier molecular flexibility index (Phi) is 7.44. The van der Waals surface area contributed by atoms with Crippen molar-refractivity contribution in [3.05, 3.63) is 106 Å². The molecule has 1 atom stereocenters. The number of carbonyl (C=O) groups excluding carboxylic acids is 2. The van der Waals surface area contributed by atoms with Crippen molar-refractivity contribution in [2.75, 3.05) is 48.8 Å². The molecule has 1 fully saturated rings. The number of aliphatic imine (C=N–C) groups is 1. The second-order valence-electron chi connectivity index (χ2n) is 10.3. The van der Waals surface area contributed by atoms with Crippen LogP contribution in [0.15, 0.2) is 89.2 Å². The molecule has 0 aliphatic carbocycles. The molecule has 7 nitrogen and oxygen atoms in total. The van der Waals surface area contributed by atoms with Crippen LogP contribution in [-0.4, -0.2) is 56.2 Å². The van der Waals surface area contributed by atoms with Crippen LogP contribution in [-0.2, 0) is 11.2 Å². The van der Waals surface area contributed by atoms with Gasteiger partial charge in [-0.1, -0.05) is 30.3 Å². The molecule has 0 bridgehead atoms. The Labute approximate surface area is 238 Å². The molecule has 0 spiro atoms. The zero-order valence-electron chi connectivity index (χ0n) is 22.3. The van der Waals surface area contributed by atoms with E-state index >= 15 is 0 Å². The molecule has 3 heterocycles. The lowest BCUT2D eigenvalue weighted by Gasteiger charge is -2.34. The first-order valence-corrected chi connectivity index (χ1v) is 14.3. The standard InChI is InChI=1S/C32H31N5O2S/c1-36-13-15-37(16-14-36)26-10-8-24(9-11-26)33-21-28-27-12-7-23(20-29(27)35-31(28)38)18-22-4-2-5-25(19-22)34-32(39)30-6-3-17-40-30/h2-12,17,19-21,28H,13-16,18H2,1H3,(H,34,39)(H,35,38). The Balaban J connectivity index is 1.11. The van der Waals surface area contributed by atoms with Crippen LogP contribution in [0.5, 0.6) is 0 Å². The molecule has 1 unspecified atom stereocenters. The molecular formula is C32H31N5O2S. The molecule has 4 aromatic rings. The number of nitrogens with one attached hydrogen (secondary N) is 2. The zero-order chi connectivity index (χ0) is 27.5. The molecule has 3 aromatic carbocycles. The molecule has 2 amide bonds. The average molecular weight is 550 g/mol. The average Bonchev–Trinajstić information content (AvgIpc) is 3.61. The molecule has 202 valence electrons. The maximum absolute atomic E-state index is 12.8. The fourth-order valence-electron chi connectivity index (χ4n) is 5.16. The molecule has 2 aliphatic heterocycles. The molecule has 2 N–H and O–H groups in total. The number of likely N-dealkylation sites (N-methyl/N-ethyl adjacent to an activating group) is 1. The van der Waals surface area contributed by atoms with E-state index in [-0.39, 0.29) is 11.8 Å². The molecule has 1 saturated heterocycles. The van der Waals surface area contributed by atoms with Gasteiger partial charge in [0.1, 0.15) is 5.92 Å². The minimum Gasteiger partial charge on any atom is -0.369 e. The van der Waals surface area contributed by atoms with Crippen LogP contribution >= 0.6 is 11.3 Å². The first kappa shape index (κ1) is 26.0. The topological polar surface area (TPSA) is 77.0 Å². The predicted octanol–water partition coefficient (Wildman–Crippen LogP) is 5.78. The van der Waals surface area contributed by atoms with Crippen LogP contribution < -0.4 is 15.5 Å². The number of nitrogens with zero attached hydrogens (tertiary/aromatic N) is 3. The third kappa shape index (κ3) is 5.83. The van der Waals surface area contributed by atoms with E-state index < -0.39 is 5.92 Å². The smallest absolute Gasteiger partial charge is 0.265 e. The van der Waals surface area contributed by atoms with Gasteiger partial charge in [0, 0.05) is 49.5 Å². The quantitative estimate of drug-likeness (QED) is 0.287. The minimum absolute atomic E-state index is 0.0664. The highest BCUT2D eigenvalue weighted by molar-refractivity contribution is 7.12. The Morgan fingerprint density at radius 1 is 1.00 bits per heavy atom. The highest BCUT2D eigenvalue weighted by Gasteiger charge is 2.29. The van der Waals surface area contributed by atoms with Crippen LogP contribution in [0.1, 0.15) is 32.3 Å². The lowest BCUT2D eigenvalue weighted by atomic mass is 9.98. The molecular weight excluding hydrogens is 518 g/mol. The highest BCUT2D eigenvalue weighted by atomic mass is 32.1. The zero-order valence-corrected chi connectivity index (χ0v) is 23.2. The SMILES string of the molecule is CN1CCN(c2ccc(N=CC3C(=O)Nc4cc(Cc5cccc(NC(=O)c6cccs6)c5)ccc43)cc2)CC1. The van der Waals surface area contributed by atoms with E-state index in [4.69, 9.17) is 0 Å². The molecule has 2 aliphatic rings. The fraction of sp³-hybridized carbons (Fsp3) is 0.219. The van der Waals surface area contributed by atoms with Gasteiger partial charge >= 0.3 is 0 Å². The van der Waals surface area contributed by atoms with Gasteiger partial charge in [0.25, 0.3) is 5.91 Å². The molecule has 8 heteroatoms. The van der Waals surface area contributed by atoms with Crippen molar-refractivity contribution in [3.63, 3.8) is 0 Å². The molecule has 6 rings (SSSR count). The van der Waals surface area contributed by atoms with E-state index in [0.29, 0.717) is 11.3 Å². The summed E-state index contributed by atoms with van der Waals surface area (Å²) in [5.74, 6) is -0.591. The lowest BCUT2D eigenvalue weighted by molar-refractivity contribution is -0.115. The van der Waals surface area contributed by atoms with Crippen LogP contribution in [0.4, 0.5) is 22.7 Å². The Morgan fingerprint density at radius 3 is 2.58 bits per heavy atom. The number of hydrogen-bond acceptors (Lipinski definition) is 6. The second kappa shape index (κ2) is 11.5. The van der Waals surface area contributed by atoms with Gasteiger partial charge in [0.15, 0.2) is 0 Å². The summed E-state index contributed by atoms with van der Waals surface area (Å²) in [6, 6.07) is 25.9. The van der Waals surface area contributed by atoms with Gasteiger partial charge in [-0.25, -0.2) is 0 Å². The van der Waals surface area contributed by atoms with Crippen molar-refractivity contribution < 1.29 is 9.59 Å². The van der Waals surface area contributed by atoms with Crippen molar-refractivity contribution in [1.29, 1.82) is 0 Å². The molecule has 1 aromatic heterocycles. The number of carbonyl (C=O) groups is 2. The van der Waals surface area contributed by atoms with Crippen molar-refractivity contribution in [1.82, 2.24) is 4.90 Å². The number of thiophene rings is 1. The van der Waals surface area contributed by atoms with Crippen molar-refractivity contribution in [3.8, 4) is 0 Å². The van der Waals surface area contributed by atoms with Crippen molar-refractivity contribution in [2.45, 2.75) is 12.3 Å². The van der Waals surface area contributed by atoms with E-state index in [1.165, 1.54) is 17.0 Å². The summed E-state index contributed by atoms with van der Waals surface area (Å²) < 4.78 is 0. The van der Waals surface area contributed by atoms with Crippen LogP contribution in [0.2, 0.25) is 0 Å². The Bertz CT molecular complexity index is 1540. The van der Waals surface area contributed by atoms with Crippen LogP contribution in [0.25, 0.3) is 0 Å². The number of rotatable bonds is 7. The maximum Gasteiger partial charge on any atom is 0.265 e. The summed E-state index contributed by atoms with van der Waals surface area (Å²) in [5, 5.41) is 7.88. The second-order valence-corrected chi connectivity index (χ2v) is 11.2. The predicted molar refractivity (Wildman–Crippen MR) is 164 cm³/mol. The van der Waals surface area contributed by atoms with E-state index in [1.807, 2.05) is 66.0 Å². The van der Waals surface area contributed by atoms with Gasteiger partial charge < -0.3 is 20.4 Å². The summed E-state index contributed by atoms with van der Waals surface area (Å²) in [6.07, 6.45) is 2.43. The van der Waals surface area contributed by atoms with Gasteiger partial charge in [0.05, 0.1) is 10.6 Å². The summed E-state index contributed by atoms with van der Waals surface area (Å²) in [4.78, 5) is 35.3. The monoisotopic (exact) mass is 549 g/mol. The van der Waals surface area contributed by atoms with Crippen LogP contribution in [0.3, 0.4) is 0 Å². The summed E-state index contributed by atoms with van der Waals surface area (Å²) in [7, 11) is 2.16. The first-order valence-electron chi connectivity index (χ1n) is 13.5. The number of anilines is 3. The molecule has 40 heavy (non-hydrogen) atoms.